The van der Waals surface area contributed by atoms with Gasteiger partial charge in [0, 0.05) is 18.4 Å². The van der Waals surface area contributed by atoms with Crippen molar-refractivity contribution in [2.75, 3.05) is 19.8 Å². The van der Waals surface area contributed by atoms with E-state index in [1.165, 1.54) is 11.1 Å². The van der Waals surface area contributed by atoms with E-state index in [2.05, 4.69) is 5.10 Å². The minimum absolute atomic E-state index is 0.000273. The van der Waals surface area contributed by atoms with Crippen molar-refractivity contribution in [3.63, 3.8) is 0 Å². The van der Waals surface area contributed by atoms with Gasteiger partial charge in [-0.2, -0.15) is 5.10 Å². The fourth-order valence-electron chi connectivity index (χ4n) is 2.79. The number of rotatable bonds is 4. The Morgan fingerprint density at radius 3 is 2.92 bits per heavy atom. The first-order valence-corrected chi connectivity index (χ1v) is 7.63. The summed E-state index contributed by atoms with van der Waals surface area (Å²) in [5.41, 5.74) is 0.474. The number of aliphatic carboxylic acids is 1. The number of para-hydroxylation sites is 1. The Hall–Kier alpha value is -2.74. The van der Waals surface area contributed by atoms with Gasteiger partial charge in [0.25, 0.3) is 0 Å². The number of morpholine rings is 1. The van der Waals surface area contributed by atoms with Gasteiger partial charge in [-0.05, 0) is 12.1 Å². The molecular formula is C16H17N3O5. The summed E-state index contributed by atoms with van der Waals surface area (Å²) in [6, 6.07) is 6.09. The zero-order chi connectivity index (χ0) is 17.1. The molecule has 3 rings (SSSR count). The molecule has 1 N–H and O–H groups in total. The third-order valence-corrected chi connectivity index (χ3v) is 4.03. The van der Waals surface area contributed by atoms with E-state index in [9.17, 15) is 19.5 Å². The lowest BCUT2D eigenvalue weighted by Gasteiger charge is -2.33. The standard InChI is InChI=1S/C16H17N3O5/c20-14-9-17-19(12-4-2-1-3-11(12)14)6-5-15(21)18-7-8-24-10-13(18)16(22)23/h1-4,9,13H,5-8,10H2,(H,22,23). The highest BCUT2D eigenvalue weighted by Gasteiger charge is 2.32. The van der Waals surface area contributed by atoms with Gasteiger partial charge in [-0.3, -0.25) is 14.3 Å². The average Bonchev–Trinajstić information content (AvgIpc) is 2.61. The van der Waals surface area contributed by atoms with Gasteiger partial charge in [-0.25, -0.2) is 4.79 Å². The lowest BCUT2D eigenvalue weighted by molar-refractivity contribution is -0.158. The number of benzene rings is 1. The second-order valence-electron chi connectivity index (χ2n) is 5.52. The van der Waals surface area contributed by atoms with E-state index < -0.39 is 12.0 Å². The van der Waals surface area contributed by atoms with Crippen LogP contribution in [0.15, 0.2) is 35.3 Å². The van der Waals surface area contributed by atoms with E-state index in [4.69, 9.17) is 4.74 Å². The molecule has 1 aromatic carbocycles. The maximum absolute atomic E-state index is 12.4. The summed E-state index contributed by atoms with van der Waals surface area (Å²) in [4.78, 5) is 36.8. The smallest absolute Gasteiger partial charge is 0.328 e. The van der Waals surface area contributed by atoms with Crippen molar-refractivity contribution in [1.82, 2.24) is 14.7 Å². The van der Waals surface area contributed by atoms with E-state index in [1.807, 2.05) is 0 Å². The minimum atomic E-state index is -1.07. The number of carboxylic acids is 1. The molecule has 1 aliphatic rings. The van der Waals surface area contributed by atoms with Crippen LogP contribution < -0.4 is 5.43 Å². The van der Waals surface area contributed by atoms with Gasteiger partial charge in [-0.15, -0.1) is 0 Å². The van der Waals surface area contributed by atoms with Gasteiger partial charge in [0.15, 0.2) is 6.04 Å². The predicted octanol–water partition coefficient (Wildman–Crippen LogP) is 0.0986. The molecule has 1 atom stereocenters. The van der Waals surface area contributed by atoms with Crippen molar-refractivity contribution in [3.8, 4) is 0 Å². The number of fused-ring (bicyclic) bond motifs is 1. The molecule has 0 spiro atoms. The number of amides is 1. The molecule has 0 radical (unpaired) electrons. The Morgan fingerprint density at radius 1 is 1.33 bits per heavy atom. The van der Waals surface area contributed by atoms with Crippen LogP contribution in [0.1, 0.15) is 6.42 Å². The number of carbonyl (C=O) groups excluding carboxylic acids is 1. The van der Waals surface area contributed by atoms with Crippen molar-refractivity contribution < 1.29 is 19.4 Å². The average molecular weight is 331 g/mol. The highest BCUT2D eigenvalue weighted by atomic mass is 16.5. The third-order valence-electron chi connectivity index (χ3n) is 4.03. The molecule has 126 valence electrons. The van der Waals surface area contributed by atoms with Crippen LogP contribution in [0.4, 0.5) is 0 Å². The van der Waals surface area contributed by atoms with Gasteiger partial charge in [0.2, 0.25) is 11.3 Å². The van der Waals surface area contributed by atoms with Crippen molar-refractivity contribution in [1.29, 1.82) is 0 Å². The number of nitrogens with zero attached hydrogens (tertiary/aromatic N) is 3. The number of hydrogen-bond acceptors (Lipinski definition) is 5. The molecule has 1 saturated heterocycles. The monoisotopic (exact) mass is 331 g/mol. The fourth-order valence-corrected chi connectivity index (χ4v) is 2.79. The zero-order valence-corrected chi connectivity index (χ0v) is 12.9. The summed E-state index contributed by atoms with van der Waals surface area (Å²) in [7, 11) is 0. The van der Waals surface area contributed by atoms with Crippen LogP contribution in [-0.2, 0) is 20.9 Å². The van der Waals surface area contributed by atoms with Crippen LogP contribution in [-0.4, -0.2) is 57.5 Å². The first-order valence-electron chi connectivity index (χ1n) is 7.63. The third kappa shape index (κ3) is 3.13. The summed E-state index contributed by atoms with van der Waals surface area (Å²) >= 11 is 0. The summed E-state index contributed by atoms with van der Waals surface area (Å²) in [6.07, 6.45) is 1.32. The van der Waals surface area contributed by atoms with Crippen molar-refractivity contribution in [2.45, 2.75) is 19.0 Å². The molecule has 2 aromatic rings. The van der Waals surface area contributed by atoms with Crippen LogP contribution in [0.3, 0.4) is 0 Å². The van der Waals surface area contributed by atoms with Crippen LogP contribution in [0.5, 0.6) is 0 Å². The van der Waals surface area contributed by atoms with Gasteiger partial charge in [0.1, 0.15) is 0 Å². The Kier molecular flexibility index (Phi) is 4.57. The summed E-state index contributed by atoms with van der Waals surface area (Å²) < 4.78 is 6.72. The number of ether oxygens (including phenoxy) is 1. The highest BCUT2D eigenvalue weighted by Crippen LogP contribution is 2.12. The van der Waals surface area contributed by atoms with Crippen LogP contribution in [0.25, 0.3) is 10.9 Å². The zero-order valence-electron chi connectivity index (χ0n) is 12.9. The van der Waals surface area contributed by atoms with Crippen LogP contribution >= 0.6 is 0 Å². The molecule has 0 bridgehead atoms. The molecule has 1 fully saturated rings. The van der Waals surface area contributed by atoms with E-state index in [0.717, 1.165) is 0 Å². The Morgan fingerprint density at radius 2 is 2.12 bits per heavy atom. The second-order valence-corrected chi connectivity index (χ2v) is 5.52. The number of carbonyl (C=O) groups is 2. The maximum Gasteiger partial charge on any atom is 0.328 e. The summed E-state index contributed by atoms with van der Waals surface area (Å²) in [5.74, 6) is -1.34. The molecule has 1 unspecified atom stereocenters. The van der Waals surface area contributed by atoms with E-state index in [0.29, 0.717) is 17.5 Å². The quantitative estimate of drug-likeness (QED) is 0.852. The first-order chi connectivity index (χ1) is 11.6. The van der Waals surface area contributed by atoms with Crippen LogP contribution in [0, 0.1) is 0 Å². The molecule has 1 amide bonds. The van der Waals surface area contributed by atoms with Crippen LogP contribution in [0.2, 0.25) is 0 Å². The molecule has 8 nitrogen and oxygen atoms in total. The van der Waals surface area contributed by atoms with E-state index in [1.54, 1.807) is 28.9 Å². The maximum atomic E-state index is 12.4. The molecule has 0 aliphatic carbocycles. The Labute approximate surface area is 137 Å². The Bertz CT molecular complexity index is 832. The fraction of sp³-hybridized carbons (Fsp3) is 0.375. The second kappa shape index (κ2) is 6.79. The number of carboxylic acid groups (broad SMARTS) is 1. The number of aryl methyl sites for hydroxylation is 1. The molecule has 0 saturated carbocycles. The van der Waals surface area contributed by atoms with Gasteiger partial charge in [-0.1, -0.05) is 12.1 Å². The van der Waals surface area contributed by atoms with Crippen molar-refractivity contribution in [3.05, 3.63) is 40.7 Å². The lowest BCUT2D eigenvalue weighted by Crippen LogP contribution is -2.52. The van der Waals surface area contributed by atoms with Gasteiger partial charge in [0.05, 0.1) is 31.5 Å². The predicted molar refractivity (Wildman–Crippen MR) is 84.6 cm³/mol. The molecule has 1 aliphatic heterocycles. The summed E-state index contributed by atoms with van der Waals surface area (Å²) in [5, 5.41) is 13.8. The van der Waals surface area contributed by atoms with E-state index >= 15 is 0 Å². The minimum Gasteiger partial charge on any atom is -0.480 e. The highest BCUT2D eigenvalue weighted by molar-refractivity contribution is 5.84. The van der Waals surface area contributed by atoms with Gasteiger partial charge >= 0.3 is 5.97 Å². The Balaban J connectivity index is 1.76. The number of hydrogen-bond donors (Lipinski definition) is 1. The number of aromatic nitrogens is 2. The molecule has 8 heteroatoms. The normalized spacial score (nSPS) is 17.8. The topological polar surface area (TPSA) is 102 Å². The SMILES string of the molecule is O=C(O)C1COCCN1C(=O)CCn1ncc(=O)c2ccccc21. The van der Waals surface area contributed by atoms with Gasteiger partial charge < -0.3 is 14.7 Å². The van der Waals surface area contributed by atoms with Crippen molar-refractivity contribution in [2.24, 2.45) is 0 Å². The lowest BCUT2D eigenvalue weighted by atomic mass is 10.2. The molecular weight excluding hydrogens is 314 g/mol. The molecule has 24 heavy (non-hydrogen) atoms. The van der Waals surface area contributed by atoms with E-state index in [-0.39, 0.29) is 37.5 Å². The largest absolute Gasteiger partial charge is 0.480 e. The molecule has 2 heterocycles. The summed E-state index contributed by atoms with van der Waals surface area (Å²) in [6.45, 7) is 0.854. The van der Waals surface area contributed by atoms with Crippen molar-refractivity contribution >= 4 is 22.8 Å². The molecule has 1 aromatic heterocycles. The first kappa shape index (κ1) is 16.1.